The monoisotopic (exact) mass is 308 g/mol. The number of hydrogen-bond donors (Lipinski definition) is 2. The molecule has 0 saturated heterocycles. The number of nitrogen functional groups attached to an aromatic ring is 1. The lowest BCUT2D eigenvalue weighted by atomic mass is 10.2. The van der Waals surface area contributed by atoms with Crippen molar-refractivity contribution < 1.29 is 0 Å². The summed E-state index contributed by atoms with van der Waals surface area (Å²) < 4.78 is 0. The molecule has 1 aliphatic rings. The molecule has 2 aromatic carbocycles. The molecule has 2 aromatic rings. The van der Waals surface area contributed by atoms with Crippen LogP contribution in [0, 0.1) is 0 Å². The first kappa shape index (κ1) is 14.9. The molecule has 6 nitrogen and oxygen atoms in total. The van der Waals surface area contributed by atoms with Crippen molar-refractivity contribution in [1.82, 2.24) is 9.80 Å². The molecule has 0 atom stereocenters. The minimum Gasteiger partial charge on any atom is -0.399 e. The molecular formula is C17H20N6. The van der Waals surface area contributed by atoms with Crippen LogP contribution < -0.4 is 11.1 Å². The van der Waals surface area contributed by atoms with Crippen molar-refractivity contribution in [3.8, 4) is 0 Å². The smallest absolute Gasteiger partial charge is 0.217 e. The van der Waals surface area contributed by atoms with E-state index in [0.29, 0.717) is 0 Å². The molecule has 0 aliphatic carbocycles. The minimum absolute atomic E-state index is 0.0809. The van der Waals surface area contributed by atoms with E-state index >= 15 is 0 Å². The Bertz CT molecular complexity index is 693. The molecule has 0 spiro atoms. The highest BCUT2D eigenvalue weighted by molar-refractivity contribution is 5.63. The lowest BCUT2D eigenvalue weighted by Crippen LogP contribution is -2.31. The summed E-state index contributed by atoms with van der Waals surface area (Å²) in [7, 11) is 3.95. The standard InChI is InChI=1S/C17H20N6/c1-22-11-12-23(2)17(22)21-20-16-9-7-15(8-10-16)19-14-5-3-13(18)4-6-14/h3-12,17,19H,18H2,1-2H3/b21-20+. The van der Waals surface area contributed by atoms with Gasteiger partial charge in [0.25, 0.3) is 0 Å². The predicted molar refractivity (Wildman–Crippen MR) is 93.5 cm³/mol. The van der Waals surface area contributed by atoms with Gasteiger partial charge in [-0.15, -0.1) is 5.11 Å². The molecule has 1 heterocycles. The van der Waals surface area contributed by atoms with Crippen LogP contribution in [0.5, 0.6) is 0 Å². The zero-order valence-electron chi connectivity index (χ0n) is 13.2. The lowest BCUT2D eigenvalue weighted by molar-refractivity contribution is 0.206. The van der Waals surface area contributed by atoms with Crippen LogP contribution in [0.2, 0.25) is 0 Å². The van der Waals surface area contributed by atoms with E-state index in [-0.39, 0.29) is 6.29 Å². The van der Waals surface area contributed by atoms with Gasteiger partial charge >= 0.3 is 0 Å². The Morgan fingerprint density at radius 2 is 1.39 bits per heavy atom. The van der Waals surface area contributed by atoms with Crippen molar-refractivity contribution >= 4 is 22.7 Å². The molecule has 3 rings (SSSR count). The van der Waals surface area contributed by atoms with Gasteiger partial charge in [0.2, 0.25) is 6.29 Å². The molecule has 0 amide bonds. The first-order chi connectivity index (χ1) is 11.1. The Morgan fingerprint density at radius 1 is 0.870 bits per heavy atom. The third-order valence-electron chi connectivity index (χ3n) is 3.61. The maximum Gasteiger partial charge on any atom is 0.217 e. The normalized spacial score (nSPS) is 14.9. The number of azo groups is 1. The highest BCUT2D eigenvalue weighted by atomic mass is 15.5. The average molecular weight is 308 g/mol. The zero-order chi connectivity index (χ0) is 16.2. The van der Waals surface area contributed by atoms with Gasteiger partial charge in [-0.3, -0.25) is 0 Å². The van der Waals surface area contributed by atoms with E-state index in [4.69, 9.17) is 5.73 Å². The van der Waals surface area contributed by atoms with Gasteiger partial charge in [0.1, 0.15) is 0 Å². The molecule has 0 unspecified atom stereocenters. The van der Waals surface area contributed by atoms with E-state index in [1.54, 1.807) is 0 Å². The van der Waals surface area contributed by atoms with Gasteiger partial charge < -0.3 is 20.9 Å². The van der Waals surface area contributed by atoms with Gasteiger partial charge in [-0.05, 0) is 48.5 Å². The van der Waals surface area contributed by atoms with E-state index in [2.05, 4.69) is 15.5 Å². The molecular weight excluding hydrogens is 288 g/mol. The van der Waals surface area contributed by atoms with E-state index in [1.165, 1.54) is 0 Å². The Hall–Kier alpha value is -3.02. The number of hydrogen-bond acceptors (Lipinski definition) is 6. The van der Waals surface area contributed by atoms with Crippen molar-refractivity contribution in [2.45, 2.75) is 6.29 Å². The molecule has 0 aromatic heterocycles. The topological polar surface area (TPSA) is 69.2 Å². The molecule has 3 N–H and O–H groups in total. The predicted octanol–water partition coefficient (Wildman–Crippen LogP) is 3.73. The Balaban J connectivity index is 1.64. The van der Waals surface area contributed by atoms with Crippen molar-refractivity contribution in [3.05, 3.63) is 60.9 Å². The van der Waals surface area contributed by atoms with Gasteiger partial charge in [0, 0.05) is 43.6 Å². The van der Waals surface area contributed by atoms with Gasteiger partial charge in [-0.25, -0.2) is 0 Å². The Kier molecular flexibility index (Phi) is 4.14. The summed E-state index contributed by atoms with van der Waals surface area (Å²) in [6, 6.07) is 15.5. The van der Waals surface area contributed by atoms with E-state index in [1.807, 2.05) is 84.8 Å². The van der Waals surface area contributed by atoms with Crippen molar-refractivity contribution in [2.24, 2.45) is 10.2 Å². The minimum atomic E-state index is -0.0809. The first-order valence-electron chi connectivity index (χ1n) is 7.37. The summed E-state index contributed by atoms with van der Waals surface area (Å²) in [5.74, 6) is 0. The van der Waals surface area contributed by atoms with Crippen LogP contribution in [0.15, 0.2) is 71.2 Å². The lowest BCUT2D eigenvalue weighted by Gasteiger charge is -2.21. The van der Waals surface area contributed by atoms with Crippen LogP contribution in [-0.4, -0.2) is 30.2 Å². The molecule has 1 aliphatic heterocycles. The van der Waals surface area contributed by atoms with E-state index in [9.17, 15) is 0 Å². The highest BCUT2D eigenvalue weighted by Gasteiger charge is 2.18. The average Bonchev–Trinajstić information content (AvgIpc) is 2.88. The van der Waals surface area contributed by atoms with Crippen LogP contribution in [0.4, 0.5) is 22.7 Å². The number of nitrogens with two attached hydrogens (primary N) is 1. The summed E-state index contributed by atoms with van der Waals surface area (Å²) in [4.78, 5) is 4.00. The molecule has 0 saturated carbocycles. The summed E-state index contributed by atoms with van der Waals surface area (Å²) in [6.45, 7) is 0. The second-order valence-corrected chi connectivity index (χ2v) is 5.48. The highest BCUT2D eigenvalue weighted by Crippen LogP contribution is 2.22. The molecule has 118 valence electrons. The Morgan fingerprint density at radius 3 is 1.96 bits per heavy atom. The maximum atomic E-state index is 5.68. The fourth-order valence-corrected chi connectivity index (χ4v) is 2.28. The molecule has 0 bridgehead atoms. The van der Waals surface area contributed by atoms with Gasteiger partial charge in [-0.2, -0.15) is 5.11 Å². The van der Waals surface area contributed by atoms with E-state index in [0.717, 1.165) is 22.7 Å². The van der Waals surface area contributed by atoms with Crippen LogP contribution in [0.25, 0.3) is 0 Å². The number of anilines is 3. The summed E-state index contributed by atoms with van der Waals surface area (Å²) >= 11 is 0. The van der Waals surface area contributed by atoms with Crippen molar-refractivity contribution in [2.75, 3.05) is 25.1 Å². The molecule has 0 fully saturated rings. The third kappa shape index (κ3) is 3.60. The first-order valence-corrected chi connectivity index (χ1v) is 7.37. The second kappa shape index (κ2) is 6.39. The third-order valence-corrected chi connectivity index (χ3v) is 3.61. The summed E-state index contributed by atoms with van der Waals surface area (Å²) in [6.07, 6.45) is 3.87. The largest absolute Gasteiger partial charge is 0.399 e. The van der Waals surface area contributed by atoms with Crippen LogP contribution >= 0.6 is 0 Å². The number of rotatable bonds is 4. The zero-order valence-corrected chi connectivity index (χ0v) is 13.2. The number of nitrogens with zero attached hydrogens (tertiary/aromatic N) is 4. The fraction of sp³-hybridized carbons (Fsp3) is 0.176. The second-order valence-electron chi connectivity index (χ2n) is 5.48. The Labute approximate surface area is 135 Å². The van der Waals surface area contributed by atoms with Crippen LogP contribution in [0.3, 0.4) is 0 Å². The number of benzene rings is 2. The van der Waals surface area contributed by atoms with Crippen molar-refractivity contribution in [1.29, 1.82) is 0 Å². The summed E-state index contributed by atoms with van der Waals surface area (Å²) in [5, 5.41) is 12.0. The maximum absolute atomic E-state index is 5.68. The molecule has 0 radical (unpaired) electrons. The van der Waals surface area contributed by atoms with Gasteiger partial charge in [0.15, 0.2) is 0 Å². The summed E-state index contributed by atoms with van der Waals surface area (Å²) in [5.41, 5.74) is 9.24. The van der Waals surface area contributed by atoms with Crippen LogP contribution in [-0.2, 0) is 0 Å². The SMILES string of the molecule is CN1C=CN(C)C1/N=N/c1ccc(Nc2ccc(N)cc2)cc1. The quantitative estimate of drug-likeness (QED) is 0.667. The van der Waals surface area contributed by atoms with E-state index < -0.39 is 0 Å². The fourth-order valence-electron chi connectivity index (χ4n) is 2.28. The molecule has 6 heteroatoms. The van der Waals surface area contributed by atoms with Crippen molar-refractivity contribution in [3.63, 3.8) is 0 Å². The molecule has 23 heavy (non-hydrogen) atoms. The number of nitrogens with one attached hydrogen (secondary N) is 1. The van der Waals surface area contributed by atoms with Gasteiger partial charge in [-0.1, -0.05) is 0 Å². The van der Waals surface area contributed by atoms with Crippen LogP contribution in [0.1, 0.15) is 0 Å². The van der Waals surface area contributed by atoms with Gasteiger partial charge in [0.05, 0.1) is 5.69 Å².